The second-order valence-corrected chi connectivity index (χ2v) is 10.4. The first-order chi connectivity index (χ1) is 14.6. The first-order valence-corrected chi connectivity index (χ1v) is 11.6. The monoisotopic (exact) mass is 452 g/mol. The van der Waals surface area contributed by atoms with Crippen LogP contribution in [0.15, 0.2) is 40.3 Å². The van der Waals surface area contributed by atoms with E-state index >= 15 is 0 Å². The molecule has 11 heteroatoms. The number of fused-ring (bicyclic) bond motifs is 1. The van der Waals surface area contributed by atoms with Gasteiger partial charge in [-0.1, -0.05) is 13.0 Å². The zero-order valence-corrected chi connectivity index (χ0v) is 17.4. The average molecular weight is 452 g/mol. The van der Waals surface area contributed by atoms with Crippen LogP contribution in [0.5, 0.6) is 0 Å². The Bertz CT molecular complexity index is 1370. The van der Waals surface area contributed by atoms with Gasteiger partial charge in [0.2, 0.25) is 0 Å². The molecule has 5 rings (SSSR count). The Morgan fingerprint density at radius 1 is 1.23 bits per heavy atom. The van der Waals surface area contributed by atoms with Crippen LogP contribution in [-0.4, -0.2) is 39.5 Å². The number of nitrogens with zero attached hydrogens (tertiary/aromatic N) is 4. The molecule has 0 amide bonds. The summed E-state index contributed by atoms with van der Waals surface area (Å²) in [6.45, 7) is 1.49. The zero-order chi connectivity index (χ0) is 22.2. The maximum atomic E-state index is 13.5. The lowest BCUT2D eigenvalue weighted by molar-refractivity contribution is -0.160. The van der Waals surface area contributed by atoms with Crippen molar-refractivity contribution in [1.82, 2.24) is 19.2 Å². The number of pyridine rings is 2. The fourth-order valence-corrected chi connectivity index (χ4v) is 4.94. The van der Waals surface area contributed by atoms with Crippen LogP contribution >= 0.6 is 0 Å². The number of rotatable bonds is 5. The van der Waals surface area contributed by atoms with Crippen molar-refractivity contribution in [2.45, 2.75) is 55.0 Å². The number of alkyl halides is 3. The molecule has 0 bridgehead atoms. The van der Waals surface area contributed by atoms with Crippen LogP contribution in [0.4, 0.5) is 13.2 Å². The van der Waals surface area contributed by atoms with Gasteiger partial charge in [-0.2, -0.15) is 17.9 Å². The third-order valence-corrected chi connectivity index (χ3v) is 7.91. The van der Waals surface area contributed by atoms with Crippen LogP contribution in [-0.2, 0) is 15.3 Å². The molecule has 2 saturated carbocycles. The predicted molar refractivity (Wildman–Crippen MR) is 105 cm³/mol. The van der Waals surface area contributed by atoms with Crippen LogP contribution in [0.1, 0.15) is 49.7 Å². The van der Waals surface area contributed by atoms with Crippen LogP contribution < -0.4 is 5.69 Å². The van der Waals surface area contributed by atoms with Gasteiger partial charge in [-0.15, -0.1) is 5.10 Å². The smallest absolute Gasteiger partial charge is 0.250 e. The van der Waals surface area contributed by atoms with E-state index in [1.807, 2.05) is 0 Å². The minimum atomic E-state index is -4.41. The average Bonchev–Trinajstić information content (AvgIpc) is 3.64. The van der Waals surface area contributed by atoms with Crippen molar-refractivity contribution in [3.8, 4) is 5.82 Å². The minimum Gasteiger partial charge on any atom is -0.250 e. The summed E-state index contributed by atoms with van der Waals surface area (Å²) < 4.78 is 67.8. The van der Waals surface area contributed by atoms with Gasteiger partial charge in [-0.25, -0.2) is 22.6 Å². The van der Waals surface area contributed by atoms with E-state index < -0.39 is 27.1 Å². The molecule has 0 saturated heterocycles. The van der Waals surface area contributed by atoms with E-state index in [0.717, 1.165) is 33.7 Å². The largest absolute Gasteiger partial charge is 0.398 e. The van der Waals surface area contributed by atoms with Crippen LogP contribution in [0.25, 0.3) is 11.5 Å². The van der Waals surface area contributed by atoms with Gasteiger partial charge in [-0.3, -0.25) is 0 Å². The molecule has 0 atom stereocenters. The molecule has 2 aliphatic rings. The van der Waals surface area contributed by atoms with Gasteiger partial charge in [0, 0.05) is 12.4 Å². The zero-order valence-electron chi connectivity index (χ0n) is 16.6. The Morgan fingerprint density at radius 3 is 2.52 bits per heavy atom. The molecule has 164 valence electrons. The van der Waals surface area contributed by atoms with Crippen LogP contribution in [0.3, 0.4) is 0 Å². The number of halogens is 3. The van der Waals surface area contributed by atoms with Gasteiger partial charge in [0.25, 0.3) is 0 Å². The molecule has 3 aromatic heterocycles. The molecule has 0 aliphatic heterocycles. The highest BCUT2D eigenvalue weighted by Crippen LogP contribution is 2.58. The molecular weight excluding hydrogens is 433 g/mol. The Labute approximate surface area is 175 Å². The first-order valence-electron chi connectivity index (χ1n) is 9.99. The van der Waals surface area contributed by atoms with Crippen molar-refractivity contribution in [3.05, 3.63) is 52.2 Å². The molecule has 3 aromatic rings. The highest BCUT2D eigenvalue weighted by atomic mass is 32.2. The van der Waals surface area contributed by atoms with E-state index in [2.05, 4.69) is 10.1 Å². The number of sulfone groups is 1. The summed E-state index contributed by atoms with van der Waals surface area (Å²) in [5.74, 6) is -0.0702. The second-order valence-electron chi connectivity index (χ2n) is 8.19. The topological polar surface area (TPSA) is 86.3 Å². The summed E-state index contributed by atoms with van der Waals surface area (Å²) in [5, 5.41) is 4.15. The lowest BCUT2D eigenvalue weighted by atomic mass is 9.97. The van der Waals surface area contributed by atoms with E-state index in [-0.39, 0.29) is 46.4 Å². The summed E-state index contributed by atoms with van der Waals surface area (Å²) >= 11 is 0. The molecule has 31 heavy (non-hydrogen) atoms. The molecule has 3 heterocycles. The van der Waals surface area contributed by atoms with Crippen molar-refractivity contribution in [2.75, 3.05) is 5.75 Å². The molecule has 0 unspecified atom stereocenters. The van der Waals surface area contributed by atoms with Gasteiger partial charge in [0.05, 0.1) is 11.2 Å². The quantitative estimate of drug-likeness (QED) is 0.594. The second kappa shape index (κ2) is 6.41. The lowest BCUT2D eigenvalue weighted by Gasteiger charge is -2.19. The van der Waals surface area contributed by atoms with Gasteiger partial charge < -0.3 is 0 Å². The van der Waals surface area contributed by atoms with E-state index in [4.69, 9.17) is 0 Å². The maximum Gasteiger partial charge on any atom is 0.398 e. The lowest BCUT2D eigenvalue weighted by Crippen LogP contribution is -2.29. The normalized spacial score (nSPS) is 18.5. The molecule has 2 fully saturated rings. The summed E-state index contributed by atoms with van der Waals surface area (Å²) in [7, 11) is -3.72. The fraction of sp³-hybridized carbons (Fsp3) is 0.450. The molecule has 0 radical (unpaired) electrons. The summed E-state index contributed by atoms with van der Waals surface area (Å²) in [6, 6.07) is 4.19. The maximum absolute atomic E-state index is 13.5. The SMILES string of the molecule is CCS(=O)(=O)c1cc(C2CC2)cnc1-n1nc2ccc(C3(C(F)(F)F)CC3)cn2c1=O. The van der Waals surface area contributed by atoms with Crippen LogP contribution in [0, 0.1) is 0 Å². The van der Waals surface area contributed by atoms with E-state index in [1.165, 1.54) is 31.3 Å². The summed E-state index contributed by atoms with van der Waals surface area (Å²) in [5.41, 5.74) is -1.82. The van der Waals surface area contributed by atoms with E-state index in [9.17, 15) is 26.4 Å². The highest BCUT2D eigenvalue weighted by molar-refractivity contribution is 7.91. The van der Waals surface area contributed by atoms with E-state index in [0.29, 0.717) is 0 Å². The van der Waals surface area contributed by atoms with Crippen molar-refractivity contribution in [3.63, 3.8) is 0 Å². The number of aromatic nitrogens is 4. The first kappa shape index (κ1) is 20.2. The fourth-order valence-electron chi connectivity index (χ4n) is 3.89. The van der Waals surface area contributed by atoms with Gasteiger partial charge >= 0.3 is 11.9 Å². The highest BCUT2D eigenvalue weighted by Gasteiger charge is 2.64. The molecular formula is C20H19F3N4O3S. The van der Waals surface area contributed by atoms with Crippen molar-refractivity contribution < 1.29 is 21.6 Å². The number of hydrogen-bond donors (Lipinski definition) is 0. The third kappa shape index (κ3) is 3.08. The summed E-state index contributed by atoms with van der Waals surface area (Å²) in [4.78, 5) is 17.2. The van der Waals surface area contributed by atoms with E-state index in [1.54, 1.807) is 0 Å². The van der Waals surface area contributed by atoms with Gasteiger partial charge in [0.1, 0.15) is 4.90 Å². The van der Waals surface area contributed by atoms with Crippen LogP contribution in [0.2, 0.25) is 0 Å². The third-order valence-electron chi connectivity index (χ3n) is 6.18. The summed E-state index contributed by atoms with van der Waals surface area (Å²) in [6.07, 6.45) is 0.0980. The standard InChI is InChI=1S/C20H19F3N4O3S/c1-2-31(29,30)15-9-13(12-3-4-12)10-24-17(15)27-18(28)26-11-14(5-6-16(26)25-27)19(7-8-19)20(21,22)23/h5-6,9-12H,2-4,7-8H2,1H3. The molecule has 7 nitrogen and oxygen atoms in total. The van der Waals surface area contributed by atoms with Gasteiger partial charge in [0.15, 0.2) is 21.3 Å². The molecule has 0 N–H and O–H groups in total. The van der Waals surface area contributed by atoms with Crippen molar-refractivity contribution in [2.24, 2.45) is 0 Å². The van der Waals surface area contributed by atoms with Gasteiger partial charge in [-0.05, 0) is 54.9 Å². The Hall–Kier alpha value is -2.69. The molecule has 0 aromatic carbocycles. The Morgan fingerprint density at radius 2 is 1.94 bits per heavy atom. The Kier molecular flexibility index (Phi) is 4.18. The Balaban J connectivity index is 1.68. The number of hydrogen-bond acceptors (Lipinski definition) is 5. The minimum absolute atomic E-state index is 0.00686. The molecule has 2 aliphatic carbocycles. The predicted octanol–water partition coefficient (Wildman–Crippen LogP) is 3.15. The molecule has 0 spiro atoms. The van der Waals surface area contributed by atoms with Crippen molar-refractivity contribution in [1.29, 1.82) is 0 Å². The van der Waals surface area contributed by atoms with Crippen molar-refractivity contribution >= 4 is 15.5 Å².